The lowest BCUT2D eigenvalue weighted by molar-refractivity contribution is -0.163. The number of hydrogen-bond donors (Lipinski definition) is 2. The predicted molar refractivity (Wildman–Crippen MR) is 93.7 cm³/mol. The fourth-order valence-electron chi connectivity index (χ4n) is 3.00. The van der Waals surface area contributed by atoms with Crippen LogP contribution in [0.3, 0.4) is 0 Å². The van der Waals surface area contributed by atoms with Gasteiger partial charge in [-0.3, -0.25) is 14.9 Å². The zero-order valence-electron chi connectivity index (χ0n) is 15.1. The maximum atomic E-state index is 12.6. The van der Waals surface area contributed by atoms with Crippen molar-refractivity contribution in [2.24, 2.45) is 0 Å². The van der Waals surface area contributed by atoms with E-state index in [2.05, 4.69) is 10.6 Å². The normalized spacial score (nSPS) is 16.7. The number of hydrogen-bond acceptors (Lipinski definition) is 4. The van der Waals surface area contributed by atoms with E-state index in [1.165, 1.54) is 0 Å². The molecule has 1 fully saturated rings. The zero-order valence-corrected chi connectivity index (χ0v) is 15.1. The average molecular weight is 332 g/mol. The van der Waals surface area contributed by atoms with E-state index < -0.39 is 11.1 Å². The highest BCUT2D eigenvalue weighted by atomic mass is 16.6. The summed E-state index contributed by atoms with van der Waals surface area (Å²) in [6, 6.07) is 7.42. The fraction of sp³-hybridized carbons (Fsp3) is 0.579. The highest BCUT2D eigenvalue weighted by Gasteiger charge is 2.43. The molecule has 24 heavy (non-hydrogen) atoms. The number of carbonyl (C=O) groups is 2. The second kappa shape index (κ2) is 7.34. The van der Waals surface area contributed by atoms with Crippen LogP contribution >= 0.6 is 0 Å². The largest absolute Gasteiger partial charge is 0.459 e. The van der Waals surface area contributed by atoms with Crippen LogP contribution in [0.5, 0.6) is 0 Å². The standard InChI is InChI=1S/C19H28N2O3/c1-18(2,3)24-17(23)19(11-5-6-12-19)21-13-14-7-9-15(10-8-14)16(22)20-4/h7-10,21H,5-6,11-13H2,1-4H3,(H,20,22). The number of ether oxygens (including phenoxy) is 1. The Hall–Kier alpha value is -1.88. The van der Waals surface area contributed by atoms with Gasteiger partial charge in [0.05, 0.1) is 0 Å². The van der Waals surface area contributed by atoms with Gasteiger partial charge < -0.3 is 10.1 Å². The first kappa shape index (κ1) is 18.5. The minimum Gasteiger partial charge on any atom is -0.459 e. The van der Waals surface area contributed by atoms with Gasteiger partial charge in [-0.25, -0.2) is 0 Å². The molecule has 1 amide bonds. The van der Waals surface area contributed by atoms with Crippen molar-refractivity contribution in [3.63, 3.8) is 0 Å². The lowest BCUT2D eigenvalue weighted by Crippen LogP contribution is -2.52. The van der Waals surface area contributed by atoms with Crippen molar-refractivity contribution in [3.8, 4) is 0 Å². The minimum atomic E-state index is -0.591. The fourth-order valence-corrected chi connectivity index (χ4v) is 3.00. The molecular formula is C19H28N2O3. The topological polar surface area (TPSA) is 67.4 Å². The Kier molecular flexibility index (Phi) is 5.65. The Balaban J connectivity index is 2.04. The van der Waals surface area contributed by atoms with Gasteiger partial charge in [0.25, 0.3) is 5.91 Å². The molecule has 1 aromatic carbocycles. The van der Waals surface area contributed by atoms with Crippen LogP contribution in [0.1, 0.15) is 62.4 Å². The first-order valence-electron chi connectivity index (χ1n) is 8.55. The summed E-state index contributed by atoms with van der Waals surface area (Å²) in [5, 5.41) is 6.03. The monoisotopic (exact) mass is 332 g/mol. The molecule has 0 unspecified atom stereocenters. The second-order valence-electron chi connectivity index (χ2n) is 7.42. The van der Waals surface area contributed by atoms with Crippen LogP contribution in [0.15, 0.2) is 24.3 Å². The summed E-state index contributed by atoms with van der Waals surface area (Å²) in [6.07, 6.45) is 3.67. The van der Waals surface area contributed by atoms with Gasteiger partial charge in [0, 0.05) is 19.2 Å². The van der Waals surface area contributed by atoms with Crippen LogP contribution in [0, 0.1) is 0 Å². The molecule has 5 nitrogen and oxygen atoms in total. The lowest BCUT2D eigenvalue weighted by Gasteiger charge is -2.32. The molecular weight excluding hydrogens is 304 g/mol. The lowest BCUT2D eigenvalue weighted by atomic mass is 9.96. The average Bonchev–Trinajstić information content (AvgIpc) is 3.01. The third-order valence-electron chi connectivity index (χ3n) is 4.32. The summed E-state index contributed by atoms with van der Waals surface area (Å²) >= 11 is 0. The van der Waals surface area contributed by atoms with Crippen LogP contribution in [-0.2, 0) is 16.1 Å². The molecule has 2 N–H and O–H groups in total. The zero-order chi connectivity index (χ0) is 17.8. The van der Waals surface area contributed by atoms with Crippen molar-refractivity contribution in [2.75, 3.05) is 7.05 Å². The molecule has 0 bridgehead atoms. The first-order valence-corrected chi connectivity index (χ1v) is 8.55. The number of rotatable bonds is 5. The Morgan fingerprint density at radius 3 is 2.21 bits per heavy atom. The maximum absolute atomic E-state index is 12.6. The van der Waals surface area contributed by atoms with E-state index >= 15 is 0 Å². The molecule has 1 aliphatic rings. The van der Waals surface area contributed by atoms with Crippen molar-refractivity contribution in [2.45, 2.75) is 64.1 Å². The SMILES string of the molecule is CNC(=O)c1ccc(CNC2(C(=O)OC(C)(C)C)CCCC2)cc1. The molecule has 0 aliphatic heterocycles. The van der Waals surface area contributed by atoms with Gasteiger partial charge in [-0.15, -0.1) is 0 Å². The number of esters is 1. The van der Waals surface area contributed by atoms with E-state index in [4.69, 9.17) is 4.74 Å². The smallest absolute Gasteiger partial charge is 0.326 e. The van der Waals surface area contributed by atoms with Gasteiger partial charge in [0.1, 0.15) is 11.1 Å². The van der Waals surface area contributed by atoms with E-state index in [-0.39, 0.29) is 11.9 Å². The van der Waals surface area contributed by atoms with Gasteiger partial charge in [-0.05, 0) is 51.3 Å². The summed E-state index contributed by atoms with van der Waals surface area (Å²) in [5.74, 6) is -0.259. The quantitative estimate of drug-likeness (QED) is 0.814. The summed E-state index contributed by atoms with van der Waals surface area (Å²) in [4.78, 5) is 24.2. The summed E-state index contributed by atoms with van der Waals surface area (Å²) < 4.78 is 5.62. The Labute approximate surface area is 144 Å². The molecule has 0 atom stereocenters. The van der Waals surface area contributed by atoms with Crippen molar-refractivity contribution in [3.05, 3.63) is 35.4 Å². The maximum Gasteiger partial charge on any atom is 0.326 e. The molecule has 0 spiro atoms. The van der Waals surface area contributed by atoms with E-state index in [1.807, 2.05) is 32.9 Å². The molecule has 0 saturated heterocycles. The number of amides is 1. The molecule has 1 aromatic rings. The first-order chi connectivity index (χ1) is 11.3. The number of benzene rings is 1. The molecule has 0 radical (unpaired) electrons. The van der Waals surface area contributed by atoms with Crippen LogP contribution in [-0.4, -0.2) is 30.1 Å². The predicted octanol–water partition coefficient (Wildman–Crippen LogP) is 2.79. The minimum absolute atomic E-state index is 0.101. The van der Waals surface area contributed by atoms with Crippen LogP contribution < -0.4 is 10.6 Å². The second-order valence-corrected chi connectivity index (χ2v) is 7.42. The summed E-state index contributed by atoms with van der Waals surface area (Å²) in [5.41, 5.74) is 0.595. The third kappa shape index (κ3) is 4.57. The summed E-state index contributed by atoms with van der Waals surface area (Å²) in [6.45, 7) is 6.26. The number of carbonyl (C=O) groups excluding carboxylic acids is 2. The van der Waals surface area contributed by atoms with Gasteiger partial charge in [0.15, 0.2) is 0 Å². The van der Waals surface area contributed by atoms with E-state index in [1.54, 1.807) is 19.2 Å². The van der Waals surface area contributed by atoms with Gasteiger partial charge in [0.2, 0.25) is 0 Å². The van der Waals surface area contributed by atoms with E-state index in [9.17, 15) is 9.59 Å². The van der Waals surface area contributed by atoms with Gasteiger partial charge in [-0.2, -0.15) is 0 Å². The highest BCUT2D eigenvalue weighted by Crippen LogP contribution is 2.32. The van der Waals surface area contributed by atoms with Gasteiger partial charge >= 0.3 is 5.97 Å². The van der Waals surface area contributed by atoms with Crippen LogP contribution in [0.4, 0.5) is 0 Å². The van der Waals surface area contributed by atoms with Crippen molar-refractivity contribution in [1.29, 1.82) is 0 Å². The Morgan fingerprint density at radius 2 is 1.71 bits per heavy atom. The third-order valence-corrected chi connectivity index (χ3v) is 4.32. The number of nitrogens with one attached hydrogen (secondary N) is 2. The molecule has 0 aromatic heterocycles. The van der Waals surface area contributed by atoms with Crippen molar-refractivity contribution >= 4 is 11.9 Å². The highest BCUT2D eigenvalue weighted by molar-refractivity contribution is 5.93. The van der Waals surface area contributed by atoms with Crippen molar-refractivity contribution < 1.29 is 14.3 Å². The molecule has 5 heteroatoms. The van der Waals surface area contributed by atoms with E-state index in [0.717, 1.165) is 31.2 Å². The molecule has 1 aliphatic carbocycles. The van der Waals surface area contributed by atoms with E-state index in [0.29, 0.717) is 12.1 Å². The molecule has 0 heterocycles. The molecule has 2 rings (SSSR count). The Morgan fingerprint density at radius 1 is 1.12 bits per heavy atom. The summed E-state index contributed by atoms with van der Waals surface area (Å²) in [7, 11) is 1.61. The van der Waals surface area contributed by atoms with Gasteiger partial charge in [-0.1, -0.05) is 25.0 Å². The Bertz CT molecular complexity index is 582. The van der Waals surface area contributed by atoms with Crippen LogP contribution in [0.25, 0.3) is 0 Å². The molecule has 1 saturated carbocycles. The van der Waals surface area contributed by atoms with Crippen LogP contribution in [0.2, 0.25) is 0 Å². The molecule has 132 valence electrons. The van der Waals surface area contributed by atoms with Crippen molar-refractivity contribution in [1.82, 2.24) is 10.6 Å².